The molecule has 1 aliphatic heterocycles. The van der Waals surface area contributed by atoms with E-state index in [1.54, 1.807) is 57.2 Å². The molecule has 1 aromatic heterocycles. The quantitative estimate of drug-likeness (QED) is 0.204. The lowest BCUT2D eigenvalue weighted by atomic mass is 9.95. The van der Waals surface area contributed by atoms with Crippen molar-refractivity contribution in [1.29, 1.82) is 5.26 Å². The van der Waals surface area contributed by atoms with E-state index in [1.807, 2.05) is 36.4 Å². The van der Waals surface area contributed by atoms with Gasteiger partial charge < -0.3 is 23.7 Å². The number of allylic oxidation sites excluding steroid dienone is 1. The van der Waals surface area contributed by atoms with Crippen molar-refractivity contribution in [2.75, 3.05) is 26.9 Å². The number of nitriles is 1. The number of thiazole rings is 1. The fourth-order valence-corrected chi connectivity index (χ4v) is 6.13. The lowest BCUT2D eigenvalue weighted by Crippen LogP contribution is -2.40. The van der Waals surface area contributed by atoms with Crippen molar-refractivity contribution in [2.24, 2.45) is 4.99 Å². The molecule has 0 unspecified atom stereocenters. The average molecular weight is 668 g/mol. The van der Waals surface area contributed by atoms with Gasteiger partial charge in [0.2, 0.25) is 0 Å². The minimum absolute atomic E-state index is 0.135. The highest BCUT2D eigenvalue weighted by Gasteiger charge is 2.34. The van der Waals surface area contributed by atoms with Gasteiger partial charge in [0.1, 0.15) is 12.4 Å². The van der Waals surface area contributed by atoms with E-state index in [9.17, 15) is 14.4 Å². The van der Waals surface area contributed by atoms with Crippen LogP contribution in [0, 0.1) is 11.3 Å². The molecule has 0 spiro atoms. The van der Waals surface area contributed by atoms with Gasteiger partial charge >= 0.3 is 11.9 Å². The average Bonchev–Trinajstić information content (AvgIpc) is 3.40. The summed E-state index contributed by atoms with van der Waals surface area (Å²) >= 11 is 1.19. The smallest absolute Gasteiger partial charge is 0.343 e. The number of carbonyl (C=O) groups excluding carboxylic acids is 2. The van der Waals surface area contributed by atoms with Crippen LogP contribution in [0.5, 0.6) is 17.2 Å². The maximum atomic E-state index is 14.2. The van der Waals surface area contributed by atoms with Crippen molar-refractivity contribution in [3.05, 3.63) is 120 Å². The molecule has 2 heterocycles. The Balaban J connectivity index is 1.58. The first-order valence-corrected chi connectivity index (χ1v) is 16.0. The molecule has 4 aromatic rings. The zero-order valence-corrected chi connectivity index (χ0v) is 27.7. The van der Waals surface area contributed by atoms with Gasteiger partial charge in [-0.3, -0.25) is 9.36 Å². The highest BCUT2D eigenvalue weighted by atomic mass is 32.1. The van der Waals surface area contributed by atoms with Crippen LogP contribution in [-0.2, 0) is 25.7 Å². The van der Waals surface area contributed by atoms with Gasteiger partial charge in [-0.2, -0.15) is 5.26 Å². The summed E-state index contributed by atoms with van der Waals surface area (Å²) in [4.78, 5) is 44.4. The lowest BCUT2D eigenvalue weighted by molar-refractivity contribution is -0.143. The molecule has 0 N–H and O–H groups in total. The Bertz CT molecular complexity index is 2090. The highest BCUT2D eigenvalue weighted by Crippen LogP contribution is 2.36. The Kier molecular flexibility index (Phi) is 10.7. The Hall–Kier alpha value is -5.67. The van der Waals surface area contributed by atoms with E-state index >= 15 is 0 Å². The van der Waals surface area contributed by atoms with Crippen molar-refractivity contribution < 1.29 is 33.3 Å². The largest absolute Gasteiger partial charge is 0.490 e. The number of esters is 2. The number of hydrogen-bond acceptors (Lipinski definition) is 11. The molecular weight excluding hydrogens is 634 g/mol. The van der Waals surface area contributed by atoms with Gasteiger partial charge in [0.15, 0.2) is 22.9 Å². The molecule has 1 atom stereocenters. The van der Waals surface area contributed by atoms with Crippen LogP contribution in [0.15, 0.2) is 87.8 Å². The van der Waals surface area contributed by atoms with Gasteiger partial charge in [-0.1, -0.05) is 47.7 Å². The Morgan fingerprint density at radius 3 is 2.46 bits per heavy atom. The monoisotopic (exact) mass is 667 g/mol. The zero-order chi connectivity index (χ0) is 34.2. The summed E-state index contributed by atoms with van der Waals surface area (Å²) in [5.41, 5.74) is 2.96. The molecule has 11 nitrogen and oxygen atoms in total. The third-order valence-corrected chi connectivity index (χ3v) is 8.34. The number of para-hydroxylation sites is 1. The second kappa shape index (κ2) is 15.3. The van der Waals surface area contributed by atoms with Gasteiger partial charge in [-0.15, -0.1) is 0 Å². The van der Waals surface area contributed by atoms with Gasteiger partial charge in [0.25, 0.3) is 5.56 Å². The maximum Gasteiger partial charge on any atom is 0.343 e. The van der Waals surface area contributed by atoms with Crippen LogP contribution < -0.4 is 29.1 Å². The fourth-order valence-electron chi connectivity index (χ4n) is 5.09. The molecule has 0 bridgehead atoms. The minimum atomic E-state index is -0.890. The number of carbonyl (C=O) groups is 2. The van der Waals surface area contributed by atoms with Crippen molar-refractivity contribution in [1.82, 2.24) is 4.57 Å². The van der Waals surface area contributed by atoms with E-state index in [0.29, 0.717) is 55.6 Å². The van der Waals surface area contributed by atoms with E-state index in [2.05, 4.69) is 15.8 Å². The summed E-state index contributed by atoms with van der Waals surface area (Å²) in [5, 5.41) is 9.08. The van der Waals surface area contributed by atoms with Gasteiger partial charge in [0.05, 0.1) is 53.8 Å². The van der Waals surface area contributed by atoms with E-state index in [4.69, 9.17) is 24.2 Å². The van der Waals surface area contributed by atoms with E-state index in [-0.39, 0.29) is 31.0 Å². The van der Waals surface area contributed by atoms with Gasteiger partial charge in [-0.25, -0.2) is 14.6 Å². The molecule has 0 amide bonds. The molecular formula is C36H33N3O8S. The number of hydrogen-bond donors (Lipinski definition) is 0. The van der Waals surface area contributed by atoms with E-state index in [0.717, 1.165) is 5.56 Å². The maximum absolute atomic E-state index is 14.2. The fraction of sp³-hybridized carbons (Fsp3) is 0.250. The molecule has 0 saturated carbocycles. The first-order valence-electron chi connectivity index (χ1n) is 15.1. The molecule has 12 heteroatoms. The minimum Gasteiger partial charge on any atom is -0.490 e. The van der Waals surface area contributed by atoms with Crippen LogP contribution >= 0.6 is 11.3 Å². The number of aromatic nitrogens is 1. The molecule has 0 fully saturated rings. The van der Waals surface area contributed by atoms with Gasteiger partial charge in [-0.05, 0) is 68.3 Å². The highest BCUT2D eigenvalue weighted by molar-refractivity contribution is 7.07. The summed E-state index contributed by atoms with van der Waals surface area (Å²) in [5.74, 6) is 0.0415. The van der Waals surface area contributed by atoms with Crippen LogP contribution in [0.2, 0.25) is 0 Å². The van der Waals surface area contributed by atoms with Crippen molar-refractivity contribution in [3.8, 4) is 23.3 Å². The van der Waals surface area contributed by atoms with Crippen molar-refractivity contribution >= 4 is 29.4 Å². The normalized spacial score (nSPS) is 14.0. The number of ether oxygens (including phenoxy) is 5. The van der Waals surface area contributed by atoms with Crippen LogP contribution in [-0.4, -0.2) is 43.4 Å². The third kappa shape index (κ3) is 7.32. The summed E-state index contributed by atoms with van der Waals surface area (Å²) in [6, 6.07) is 20.7. The Morgan fingerprint density at radius 2 is 1.75 bits per heavy atom. The van der Waals surface area contributed by atoms with Crippen LogP contribution in [0.4, 0.5) is 0 Å². The Labute approximate surface area is 280 Å². The van der Waals surface area contributed by atoms with Crippen molar-refractivity contribution in [3.63, 3.8) is 0 Å². The summed E-state index contributed by atoms with van der Waals surface area (Å²) in [6.07, 6.45) is 1.74. The number of rotatable bonds is 12. The van der Waals surface area contributed by atoms with Crippen molar-refractivity contribution in [2.45, 2.75) is 33.4 Å². The third-order valence-electron chi connectivity index (χ3n) is 7.36. The number of benzene rings is 3. The van der Waals surface area contributed by atoms with Crippen LogP contribution in [0.3, 0.4) is 0 Å². The number of methoxy groups -OCH3 is 1. The van der Waals surface area contributed by atoms with Gasteiger partial charge in [0, 0.05) is 5.56 Å². The summed E-state index contributed by atoms with van der Waals surface area (Å²) < 4.78 is 29.5. The first kappa shape index (κ1) is 33.7. The molecule has 3 aromatic carbocycles. The molecule has 1 aliphatic rings. The topological polar surface area (TPSA) is 138 Å². The molecule has 0 aliphatic carbocycles. The summed E-state index contributed by atoms with van der Waals surface area (Å²) in [6.45, 7) is 5.60. The zero-order valence-electron chi connectivity index (χ0n) is 26.8. The molecule has 0 saturated heterocycles. The SMILES string of the molecule is CCOC(=O)C1=C(C)N=c2s/c(=C/c3ccccc3OCc3ccc(C#N)cc3)c(=O)n2[C@H]1c1ccc(OCC(=O)OC)c(OCC)c1. The second-order valence-electron chi connectivity index (χ2n) is 10.4. The predicted molar refractivity (Wildman–Crippen MR) is 177 cm³/mol. The predicted octanol–water partition coefficient (Wildman–Crippen LogP) is 4.20. The molecule has 0 radical (unpaired) electrons. The lowest BCUT2D eigenvalue weighted by Gasteiger charge is -2.25. The van der Waals surface area contributed by atoms with Crippen LogP contribution in [0.25, 0.3) is 6.08 Å². The second-order valence-corrected chi connectivity index (χ2v) is 11.5. The van der Waals surface area contributed by atoms with E-state index < -0.39 is 18.0 Å². The molecule has 48 heavy (non-hydrogen) atoms. The Morgan fingerprint density at radius 1 is 0.979 bits per heavy atom. The number of fused-ring (bicyclic) bond motifs is 1. The molecule has 5 rings (SSSR count). The summed E-state index contributed by atoms with van der Waals surface area (Å²) in [7, 11) is 1.27. The molecule has 246 valence electrons. The number of nitrogens with zero attached hydrogens (tertiary/aromatic N) is 3. The first-order chi connectivity index (χ1) is 23.3. The van der Waals surface area contributed by atoms with Crippen LogP contribution in [0.1, 0.15) is 49.1 Å². The standard InChI is InChI=1S/C36H33N3O8S/c1-5-44-29-17-26(15-16-28(29)47-21-31(40)43-4)33-32(35(42)45-6-2)22(3)38-36-39(33)34(41)30(48-36)18-25-9-7-8-10-27(25)46-20-24-13-11-23(19-37)12-14-24/h7-18,33H,5-6,20-21H2,1-4H3/b30-18+/t33-/m0/s1. The van der Waals surface area contributed by atoms with E-state index in [1.165, 1.54) is 23.0 Å².